The van der Waals surface area contributed by atoms with Crippen LogP contribution in [-0.2, 0) is 13.3 Å². The molecule has 0 atom stereocenters. The van der Waals surface area contributed by atoms with Crippen molar-refractivity contribution in [2.45, 2.75) is 181 Å². The molecule has 0 fully saturated rings. The van der Waals surface area contributed by atoms with Crippen molar-refractivity contribution in [1.82, 2.24) is 0 Å². The smallest absolute Gasteiger partial charge is 0.373 e. The minimum absolute atomic E-state index is 0.810. The average Bonchev–Trinajstić information content (AvgIpc) is 2.91. The van der Waals surface area contributed by atoms with E-state index in [0.717, 1.165) is 51.5 Å². The van der Waals surface area contributed by atoms with Gasteiger partial charge in [-0.3, -0.25) is 0 Å². The molecule has 0 aliphatic rings. The average molecular weight is 541 g/mol. The van der Waals surface area contributed by atoms with Crippen LogP contribution in [0.1, 0.15) is 175 Å². The van der Waals surface area contributed by atoms with Crippen molar-refractivity contribution in [3.8, 4) is 0 Å². The molecule has 0 saturated carbocycles. The van der Waals surface area contributed by atoms with Gasteiger partial charge in [0.15, 0.2) is 0 Å². The van der Waals surface area contributed by atoms with E-state index in [1.165, 1.54) is 128 Å². The van der Waals surface area contributed by atoms with E-state index < -0.39 is 8.80 Å². The first-order valence-electron chi connectivity index (χ1n) is 16.8. The summed E-state index contributed by atoms with van der Waals surface area (Å²) in [6.07, 6.45) is 32.7. The molecule has 4 heteroatoms. The van der Waals surface area contributed by atoms with Gasteiger partial charge in [-0.1, -0.05) is 142 Å². The Kier molecular flexibility index (Phi) is 30.2. The zero-order chi connectivity index (χ0) is 27.1. The Hall–Kier alpha value is -0.163. The summed E-state index contributed by atoms with van der Waals surface area (Å²) in [5.74, 6) is 0. The first-order valence-corrected chi connectivity index (χ1v) is 18.7. The summed E-state index contributed by atoms with van der Waals surface area (Å²) in [4.78, 5) is 0. The first kappa shape index (κ1) is 36.8. The third-order valence-corrected chi connectivity index (χ3v) is 10.2. The molecule has 222 valence electrons. The van der Waals surface area contributed by atoms with Gasteiger partial charge in [0, 0.05) is 25.9 Å². The van der Waals surface area contributed by atoms with Crippen molar-refractivity contribution in [2.75, 3.05) is 19.8 Å². The zero-order valence-corrected chi connectivity index (χ0v) is 26.8. The fourth-order valence-corrected chi connectivity index (χ4v) is 7.56. The van der Waals surface area contributed by atoms with E-state index in [2.05, 4.69) is 27.4 Å². The number of unbranched alkanes of at least 4 members (excludes halogenated alkanes) is 20. The Balaban J connectivity index is 4.79. The monoisotopic (exact) mass is 540 g/mol. The highest BCUT2D eigenvalue weighted by Gasteiger charge is 2.40. The fraction of sp³-hybridized carbons (Fsp3) is 0.939. The SMILES string of the molecule is C=CCCCCCCC[Si](OCCCCCCCC)(OCCCCCCCC)OCCCCCCCC. The van der Waals surface area contributed by atoms with Gasteiger partial charge in [0.2, 0.25) is 0 Å². The van der Waals surface area contributed by atoms with E-state index in [1.54, 1.807) is 0 Å². The highest BCUT2D eigenvalue weighted by atomic mass is 28.4. The molecule has 0 aromatic rings. The van der Waals surface area contributed by atoms with Gasteiger partial charge in [0.05, 0.1) is 0 Å². The molecule has 37 heavy (non-hydrogen) atoms. The van der Waals surface area contributed by atoms with Gasteiger partial charge in [0.25, 0.3) is 0 Å². The molecule has 0 aromatic carbocycles. The zero-order valence-electron chi connectivity index (χ0n) is 25.8. The second kappa shape index (κ2) is 30.4. The second-order valence-corrected chi connectivity index (χ2v) is 13.9. The molecule has 0 radical (unpaired) electrons. The topological polar surface area (TPSA) is 27.7 Å². The van der Waals surface area contributed by atoms with Crippen molar-refractivity contribution >= 4 is 8.80 Å². The lowest BCUT2D eigenvalue weighted by Crippen LogP contribution is -2.46. The van der Waals surface area contributed by atoms with Gasteiger partial charge in [0.1, 0.15) is 0 Å². The van der Waals surface area contributed by atoms with Crippen LogP contribution in [0.15, 0.2) is 12.7 Å². The Morgan fingerprint density at radius 1 is 0.432 bits per heavy atom. The van der Waals surface area contributed by atoms with Crippen LogP contribution >= 0.6 is 0 Å². The minimum atomic E-state index is -2.61. The summed E-state index contributed by atoms with van der Waals surface area (Å²) < 4.78 is 20.0. The van der Waals surface area contributed by atoms with Crippen LogP contribution < -0.4 is 0 Å². The van der Waals surface area contributed by atoms with Crippen molar-refractivity contribution in [2.24, 2.45) is 0 Å². The van der Waals surface area contributed by atoms with Crippen molar-refractivity contribution < 1.29 is 13.3 Å². The molecular formula is C33H68O3Si. The van der Waals surface area contributed by atoms with E-state index >= 15 is 0 Å². The van der Waals surface area contributed by atoms with Gasteiger partial charge in [-0.15, -0.1) is 6.58 Å². The van der Waals surface area contributed by atoms with E-state index in [-0.39, 0.29) is 0 Å². The standard InChI is InChI=1S/C33H68O3Si/c1-5-9-13-17-21-25-29-33-37(34-30-26-22-18-14-10-6-2,35-31-27-23-19-15-11-7-3)36-32-28-24-20-16-12-8-4/h5H,1,6-33H2,2-4H3. The van der Waals surface area contributed by atoms with Gasteiger partial charge in [-0.05, 0) is 38.5 Å². The van der Waals surface area contributed by atoms with E-state index in [1.807, 2.05) is 6.08 Å². The van der Waals surface area contributed by atoms with Crippen molar-refractivity contribution in [3.05, 3.63) is 12.7 Å². The Morgan fingerprint density at radius 3 is 1.14 bits per heavy atom. The molecule has 0 spiro atoms. The van der Waals surface area contributed by atoms with Gasteiger partial charge < -0.3 is 13.3 Å². The summed E-state index contributed by atoms with van der Waals surface area (Å²) in [7, 11) is -2.61. The van der Waals surface area contributed by atoms with E-state index in [9.17, 15) is 0 Å². The molecule has 3 nitrogen and oxygen atoms in total. The van der Waals surface area contributed by atoms with Crippen LogP contribution in [0.5, 0.6) is 0 Å². The largest absolute Gasteiger partial charge is 0.500 e. The van der Waals surface area contributed by atoms with Gasteiger partial charge >= 0.3 is 8.80 Å². The molecule has 0 bridgehead atoms. The van der Waals surface area contributed by atoms with Gasteiger partial charge in [-0.25, -0.2) is 0 Å². The molecule has 0 N–H and O–H groups in total. The third kappa shape index (κ3) is 25.9. The number of rotatable bonds is 32. The second-order valence-electron chi connectivity index (χ2n) is 11.1. The van der Waals surface area contributed by atoms with Crippen LogP contribution in [0, 0.1) is 0 Å². The summed E-state index contributed by atoms with van der Waals surface area (Å²) in [5.41, 5.74) is 0. The Morgan fingerprint density at radius 2 is 0.757 bits per heavy atom. The summed E-state index contributed by atoms with van der Waals surface area (Å²) in [6.45, 7) is 13.1. The number of hydrogen-bond donors (Lipinski definition) is 0. The van der Waals surface area contributed by atoms with E-state index in [0.29, 0.717) is 0 Å². The lowest BCUT2D eigenvalue weighted by atomic mass is 10.1. The Bertz CT molecular complexity index is 398. The maximum Gasteiger partial charge on any atom is 0.500 e. The molecular weight excluding hydrogens is 472 g/mol. The normalized spacial score (nSPS) is 11.9. The molecule has 0 aliphatic heterocycles. The fourth-order valence-electron chi connectivity index (χ4n) is 4.83. The molecule has 0 aromatic heterocycles. The summed E-state index contributed by atoms with van der Waals surface area (Å²) in [6, 6.07) is 0.996. The number of hydrogen-bond acceptors (Lipinski definition) is 3. The minimum Gasteiger partial charge on any atom is -0.373 e. The Labute approximate surface area is 235 Å². The van der Waals surface area contributed by atoms with Crippen LogP contribution in [0.4, 0.5) is 0 Å². The van der Waals surface area contributed by atoms with Crippen molar-refractivity contribution in [1.29, 1.82) is 0 Å². The molecule has 0 aliphatic carbocycles. The highest BCUT2D eigenvalue weighted by Crippen LogP contribution is 2.23. The maximum absolute atomic E-state index is 6.65. The molecule has 0 rings (SSSR count). The molecule has 0 saturated heterocycles. The highest BCUT2D eigenvalue weighted by molar-refractivity contribution is 6.60. The molecule has 0 heterocycles. The summed E-state index contributed by atoms with van der Waals surface area (Å²) in [5, 5.41) is 0. The van der Waals surface area contributed by atoms with Crippen LogP contribution in [0.3, 0.4) is 0 Å². The van der Waals surface area contributed by atoms with Crippen LogP contribution in [0.25, 0.3) is 0 Å². The van der Waals surface area contributed by atoms with Crippen LogP contribution in [-0.4, -0.2) is 28.6 Å². The number of allylic oxidation sites excluding steroid dienone is 1. The quantitative estimate of drug-likeness (QED) is 0.0482. The predicted molar refractivity (Wildman–Crippen MR) is 166 cm³/mol. The lowest BCUT2D eigenvalue weighted by Gasteiger charge is -2.30. The molecule has 0 unspecified atom stereocenters. The van der Waals surface area contributed by atoms with Crippen molar-refractivity contribution in [3.63, 3.8) is 0 Å². The maximum atomic E-state index is 6.65. The lowest BCUT2D eigenvalue weighted by molar-refractivity contribution is 0.0546. The summed E-state index contributed by atoms with van der Waals surface area (Å²) >= 11 is 0. The third-order valence-electron chi connectivity index (χ3n) is 7.35. The molecule has 0 amide bonds. The predicted octanol–water partition coefficient (Wildman–Crippen LogP) is 11.6. The van der Waals surface area contributed by atoms with Gasteiger partial charge in [-0.2, -0.15) is 0 Å². The van der Waals surface area contributed by atoms with E-state index in [4.69, 9.17) is 13.3 Å². The van der Waals surface area contributed by atoms with Crippen LogP contribution in [0.2, 0.25) is 6.04 Å². The first-order chi connectivity index (χ1) is 18.2.